The van der Waals surface area contributed by atoms with Gasteiger partial charge in [0, 0.05) is 17.8 Å². The maximum absolute atomic E-state index is 13.0. The van der Waals surface area contributed by atoms with E-state index in [1.165, 1.54) is 9.21 Å². The molecule has 1 fully saturated rings. The Kier molecular flexibility index (Phi) is 5.54. The van der Waals surface area contributed by atoms with Gasteiger partial charge in [0.2, 0.25) is 10.0 Å². The highest BCUT2D eigenvalue weighted by atomic mass is 32.2. The zero-order valence-corrected chi connectivity index (χ0v) is 19.1. The highest BCUT2D eigenvalue weighted by Gasteiger charge is 2.44. The Hall–Kier alpha value is -3.20. The smallest absolute Gasteiger partial charge is 0.292 e. The number of anilines is 2. The molecule has 0 unspecified atom stereocenters. The minimum atomic E-state index is -3.37. The number of sulfonamides is 1. The molecule has 0 aliphatic carbocycles. The Morgan fingerprint density at radius 3 is 2.44 bits per heavy atom. The van der Waals surface area contributed by atoms with Crippen molar-refractivity contribution in [1.82, 2.24) is 4.90 Å². The highest BCUT2D eigenvalue weighted by Crippen LogP contribution is 2.32. The molecule has 0 saturated carbocycles. The summed E-state index contributed by atoms with van der Waals surface area (Å²) < 4.78 is 25.9. The SMILES string of the molecule is CCS(=O)(=O)N1CCc2cc(C(=O)CN3C(=O)[C@@H](C)N(c4ccc(C)cc4)C3=O)ccc21. The highest BCUT2D eigenvalue weighted by molar-refractivity contribution is 7.92. The number of imide groups is 1. The van der Waals surface area contributed by atoms with Crippen molar-refractivity contribution in [2.24, 2.45) is 0 Å². The van der Waals surface area contributed by atoms with Crippen LogP contribution in [0.3, 0.4) is 0 Å². The van der Waals surface area contributed by atoms with Crippen molar-refractivity contribution in [3.8, 4) is 0 Å². The van der Waals surface area contributed by atoms with Crippen LogP contribution in [-0.4, -0.2) is 55.9 Å². The van der Waals surface area contributed by atoms with Crippen LogP contribution in [0.15, 0.2) is 42.5 Å². The molecule has 1 saturated heterocycles. The quantitative estimate of drug-likeness (QED) is 0.493. The summed E-state index contributed by atoms with van der Waals surface area (Å²) in [5.74, 6) is -0.795. The first-order chi connectivity index (χ1) is 15.1. The predicted molar refractivity (Wildman–Crippen MR) is 122 cm³/mol. The average molecular weight is 456 g/mol. The van der Waals surface area contributed by atoms with Crippen LogP contribution in [0.5, 0.6) is 0 Å². The van der Waals surface area contributed by atoms with Crippen LogP contribution in [0.1, 0.15) is 35.3 Å². The molecular formula is C23H25N3O5S. The molecule has 0 bridgehead atoms. The maximum atomic E-state index is 13.0. The lowest BCUT2D eigenvalue weighted by atomic mass is 10.0. The fraction of sp³-hybridized carbons (Fsp3) is 0.348. The van der Waals surface area contributed by atoms with Crippen LogP contribution >= 0.6 is 0 Å². The number of hydrogen-bond acceptors (Lipinski definition) is 5. The van der Waals surface area contributed by atoms with Gasteiger partial charge < -0.3 is 0 Å². The molecular weight excluding hydrogens is 430 g/mol. The standard InChI is InChI=1S/C23H25N3O5S/c1-4-32(30,31)25-12-11-17-13-18(7-10-20(17)25)21(27)14-24-22(28)16(3)26(23(24)29)19-8-5-15(2)6-9-19/h5-10,13,16H,4,11-12,14H2,1-3H3/t16-/m1/s1. The van der Waals surface area contributed by atoms with Gasteiger partial charge in [0.1, 0.15) is 6.04 Å². The molecule has 9 heteroatoms. The number of hydrogen-bond donors (Lipinski definition) is 0. The van der Waals surface area contributed by atoms with Gasteiger partial charge in [0.25, 0.3) is 5.91 Å². The van der Waals surface area contributed by atoms with Crippen LogP contribution in [0, 0.1) is 6.92 Å². The van der Waals surface area contributed by atoms with Crippen molar-refractivity contribution in [3.63, 3.8) is 0 Å². The predicted octanol–water partition coefficient (Wildman–Crippen LogP) is 2.75. The Bertz CT molecular complexity index is 1210. The molecule has 2 heterocycles. The van der Waals surface area contributed by atoms with Crippen molar-refractivity contribution in [2.75, 3.05) is 28.0 Å². The lowest BCUT2D eigenvalue weighted by molar-refractivity contribution is -0.126. The largest absolute Gasteiger partial charge is 0.332 e. The Morgan fingerprint density at radius 2 is 1.78 bits per heavy atom. The second kappa shape index (κ2) is 8.05. The topological polar surface area (TPSA) is 95.1 Å². The van der Waals surface area contributed by atoms with Gasteiger partial charge in [-0.15, -0.1) is 0 Å². The number of fused-ring (bicyclic) bond motifs is 1. The van der Waals surface area contributed by atoms with Crippen LogP contribution in [0.25, 0.3) is 0 Å². The summed E-state index contributed by atoms with van der Waals surface area (Å²) in [4.78, 5) is 41.0. The summed E-state index contributed by atoms with van der Waals surface area (Å²) in [7, 11) is -3.37. The summed E-state index contributed by atoms with van der Waals surface area (Å²) in [6, 6.07) is 10.9. The van der Waals surface area contributed by atoms with Gasteiger partial charge in [0.05, 0.1) is 18.0 Å². The van der Waals surface area contributed by atoms with Crippen LogP contribution < -0.4 is 9.21 Å². The summed E-state index contributed by atoms with van der Waals surface area (Å²) in [6.07, 6.45) is 0.509. The minimum absolute atomic E-state index is 0.00196. The van der Waals surface area contributed by atoms with E-state index in [9.17, 15) is 22.8 Å². The monoisotopic (exact) mass is 455 g/mol. The molecule has 2 aliphatic heterocycles. The van der Waals surface area contributed by atoms with Crippen LogP contribution in [-0.2, 0) is 21.2 Å². The van der Waals surface area contributed by atoms with Gasteiger partial charge in [-0.05, 0) is 63.1 Å². The molecule has 0 radical (unpaired) electrons. The minimum Gasteiger partial charge on any atom is -0.292 e. The first kappa shape index (κ1) is 22.0. The number of nitrogens with zero attached hydrogens (tertiary/aromatic N) is 3. The number of rotatable bonds is 6. The van der Waals surface area contributed by atoms with E-state index in [2.05, 4.69) is 0 Å². The van der Waals surface area contributed by atoms with E-state index in [0.717, 1.165) is 16.0 Å². The number of aryl methyl sites for hydroxylation is 1. The van der Waals surface area contributed by atoms with E-state index >= 15 is 0 Å². The third-order valence-corrected chi connectivity index (χ3v) is 7.80. The normalized spacial score (nSPS) is 18.5. The van der Waals surface area contributed by atoms with Crippen molar-refractivity contribution >= 4 is 39.1 Å². The Morgan fingerprint density at radius 1 is 1.09 bits per heavy atom. The van der Waals surface area contributed by atoms with E-state index in [1.807, 2.05) is 19.1 Å². The third kappa shape index (κ3) is 3.66. The van der Waals surface area contributed by atoms with E-state index in [0.29, 0.717) is 29.9 Å². The molecule has 0 aromatic heterocycles. The lowest BCUT2D eigenvalue weighted by Crippen LogP contribution is -2.37. The molecule has 2 aliphatic rings. The molecule has 168 valence electrons. The molecule has 0 N–H and O–H groups in total. The van der Waals surface area contributed by atoms with Gasteiger partial charge in [-0.25, -0.2) is 13.2 Å². The molecule has 2 aromatic carbocycles. The zero-order chi connectivity index (χ0) is 23.2. The number of carbonyl (C=O) groups excluding carboxylic acids is 3. The molecule has 4 rings (SSSR count). The van der Waals surface area contributed by atoms with Gasteiger partial charge in [-0.3, -0.25) is 23.7 Å². The zero-order valence-electron chi connectivity index (χ0n) is 18.2. The number of urea groups is 1. The Balaban J connectivity index is 1.54. The third-order valence-electron chi connectivity index (χ3n) is 6.02. The van der Waals surface area contributed by atoms with E-state index in [1.54, 1.807) is 44.2 Å². The Labute approximate surface area is 187 Å². The average Bonchev–Trinajstić information content (AvgIpc) is 3.29. The van der Waals surface area contributed by atoms with Crippen LogP contribution in [0.2, 0.25) is 0 Å². The first-order valence-electron chi connectivity index (χ1n) is 10.5. The summed E-state index contributed by atoms with van der Waals surface area (Å²) in [5, 5.41) is 0. The molecule has 2 aromatic rings. The molecule has 8 nitrogen and oxygen atoms in total. The number of benzene rings is 2. The maximum Gasteiger partial charge on any atom is 0.332 e. The fourth-order valence-corrected chi connectivity index (χ4v) is 5.29. The van der Waals surface area contributed by atoms with Gasteiger partial charge in [-0.2, -0.15) is 0 Å². The van der Waals surface area contributed by atoms with Crippen molar-refractivity contribution in [1.29, 1.82) is 0 Å². The summed E-state index contributed by atoms with van der Waals surface area (Å²) >= 11 is 0. The van der Waals surface area contributed by atoms with Gasteiger partial charge in [-0.1, -0.05) is 17.7 Å². The molecule has 3 amide bonds. The second-order valence-electron chi connectivity index (χ2n) is 8.08. The number of Topliss-reactive ketones (excluding diaryl/α,β-unsaturated/α-hetero) is 1. The van der Waals surface area contributed by atoms with Crippen molar-refractivity contribution in [2.45, 2.75) is 33.2 Å². The molecule has 32 heavy (non-hydrogen) atoms. The van der Waals surface area contributed by atoms with Gasteiger partial charge in [0.15, 0.2) is 5.78 Å². The number of ketones is 1. The number of amides is 3. The first-order valence-corrected chi connectivity index (χ1v) is 12.1. The fourth-order valence-electron chi connectivity index (χ4n) is 4.14. The summed E-state index contributed by atoms with van der Waals surface area (Å²) in [6.45, 7) is 5.15. The lowest BCUT2D eigenvalue weighted by Gasteiger charge is -2.19. The number of carbonyl (C=O) groups is 3. The molecule has 0 spiro atoms. The van der Waals surface area contributed by atoms with Crippen LogP contribution in [0.4, 0.5) is 16.2 Å². The van der Waals surface area contributed by atoms with E-state index in [4.69, 9.17) is 0 Å². The van der Waals surface area contributed by atoms with Gasteiger partial charge >= 0.3 is 6.03 Å². The second-order valence-corrected chi connectivity index (χ2v) is 10.3. The van der Waals surface area contributed by atoms with Crippen molar-refractivity contribution in [3.05, 3.63) is 59.2 Å². The summed E-state index contributed by atoms with van der Waals surface area (Å²) in [5.41, 5.74) is 3.33. The van der Waals surface area contributed by atoms with E-state index in [-0.39, 0.29) is 18.1 Å². The molecule has 1 atom stereocenters. The van der Waals surface area contributed by atoms with E-state index < -0.39 is 28.0 Å². The van der Waals surface area contributed by atoms with Crippen molar-refractivity contribution < 1.29 is 22.8 Å².